The monoisotopic (exact) mass is 430 g/mol. The van der Waals surface area contributed by atoms with E-state index in [1.165, 1.54) is 16.1 Å². The molecule has 1 aromatic carbocycles. The number of benzene rings is 1. The second-order valence-electron chi connectivity index (χ2n) is 7.53. The Labute approximate surface area is 181 Å². The number of hydrogen-bond donors (Lipinski definition) is 0. The van der Waals surface area contributed by atoms with Crippen molar-refractivity contribution in [1.29, 1.82) is 0 Å². The van der Waals surface area contributed by atoms with Gasteiger partial charge in [0.25, 0.3) is 0 Å². The van der Waals surface area contributed by atoms with Crippen molar-refractivity contribution in [2.45, 2.75) is 39.3 Å². The molecule has 1 aliphatic heterocycles. The summed E-state index contributed by atoms with van der Waals surface area (Å²) in [4.78, 5) is 6.25. The van der Waals surface area contributed by atoms with Crippen molar-refractivity contribution < 1.29 is 0 Å². The second kappa shape index (κ2) is 9.24. The molecule has 0 saturated carbocycles. The van der Waals surface area contributed by atoms with Gasteiger partial charge in [-0.05, 0) is 52.9 Å². The van der Waals surface area contributed by atoms with E-state index in [2.05, 4.69) is 68.8 Å². The fraction of sp³-hybridized carbons (Fsp3) is 0.476. The molecular weight excluding hydrogens is 404 g/mol. The van der Waals surface area contributed by atoms with Gasteiger partial charge in [0.15, 0.2) is 5.82 Å². The molecule has 8 heteroatoms. The first-order valence-electron chi connectivity index (χ1n) is 10.2. The first kappa shape index (κ1) is 20.3. The number of nitrogens with zero attached hydrogens (tertiary/aromatic N) is 6. The van der Waals surface area contributed by atoms with Crippen molar-refractivity contribution >= 4 is 28.6 Å². The van der Waals surface area contributed by atoms with Gasteiger partial charge in [-0.15, -0.1) is 16.4 Å². The molecule has 6 nitrogen and oxygen atoms in total. The normalized spacial score (nSPS) is 16.3. The van der Waals surface area contributed by atoms with E-state index in [4.69, 9.17) is 11.6 Å². The van der Waals surface area contributed by atoms with Crippen LogP contribution in [0.5, 0.6) is 0 Å². The molecule has 0 amide bonds. The average molecular weight is 431 g/mol. The summed E-state index contributed by atoms with van der Waals surface area (Å²) in [6.45, 7) is 9.05. The van der Waals surface area contributed by atoms with Gasteiger partial charge < -0.3 is 4.90 Å². The van der Waals surface area contributed by atoms with Crippen molar-refractivity contribution in [1.82, 2.24) is 25.1 Å². The minimum absolute atomic E-state index is 0.248. The summed E-state index contributed by atoms with van der Waals surface area (Å²) < 4.78 is 1.97. The summed E-state index contributed by atoms with van der Waals surface area (Å²) in [5.74, 6) is 0.979. The van der Waals surface area contributed by atoms with Crippen LogP contribution in [0.1, 0.15) is 42.1 Å². The zero-order valence-electron chi connectivity index (χ0n) is 17.0. The topological polar surface area (TPSA) is 50.1 Å². The molecule has 0 aliphatic carbocycles. The Kier molecular flexibility index (Phi) is 6.47. The van der Waals surface area contributed by atoms with E-state index in [1.54, 1.807) is 11.3 Å². The molecule has 0 unspecified atom stereocenters. The zero-order chi connectivity index (χ0) is 20.2. The molecule has 3 aromatic rings. The Morgan fingerprint density at radius 1 is 1.17 bits per heavy atom. The van der Waals surface area contributed by atoms with Crippen LogP contribution < -0.4 is 4.90 Å². The standard InChI is InChI=1S/C21H27ClN6S/c1-3-5-19(21-23-24-25-28(21)15-18-6-4-13-29-18)26-9-11-27(12-10-26)20-14-17(22)8-7-16(20)2/h4,6-8,13-14,19H,3,5,9-12,15H2,1-2H3/t19-/m0/s1. The highest BCUT2D eigenvalue weighted by atomic mass is 35.5. The Morgan fingerprint density at radius 3 is 2.72 bits per heavy atom. The third-order valence-corrected chi connectivity index (χ3v) is 6.67. The van der Waals surface area contributed by atoms with E-state index in [0.717, 1.165) is 56.4 Å². The Bertz CT molecular complexity index is 917. The van der Waals surface area contributed by atoms with Crippen LogP contribution in [0.15, 0.2) is 35.7 Å². The van der Waals surface area contributed by atoms with Gasteiger partial charge in [-0.25, -0.2) is 4.68 Å². The number of anilines is 1. The molecule has 1 aliphatic rings. The highest BCUT2D eigenvalue weighted by Crippen LogP contribution is 2.29. The summed E-state index contributed by atoms with van der Waals surface area (Å²) >= 11 is 7.98. The molecule has 3 heterocycles. The fourth-order valence-electron chi connectivity index (χ4n) is 4.06. The van der Waals surface area contributed by atoms with Crippen LogP contribution in [-0.2, 0) is 6.54 Å². The molecule has 2 aromatic heterocycles. The van der Waals surface area contributed by atoms with Crippen LogP contribution in [0.25, 0.3) is 0 Å². The Morgan fingerprint density at radius 2 is 2.00 bits per heavy atom. The fourth-order valence-corrected chi connectivity index (χ4v) is 4.91. The number of rotatable bonds is 7. The molecule has 1 fully saturated rings. The quantitative estimate of drug-likeness (QED) is 0.555. The number of hydrogen-bond acceptors (Lipinski definition) is 6. The Hall–Kier alpha value is -1.96. The van der Waals surface area contributed by atoms with Crippen LogP contribution in [0.3, 0.4) is 0 Å². The lowest BCUT2D eigenvalue weighted by Crippen LogP contribution is -2.48. The first-order chi connectivity index (χ1) is 14.2. The average Bonchev–Trinajstić information content (AvgIpc) is 3.41. The van der Waals surface area contributed by atoms with E-state index in [9.17, 15) is 0 Å². The predicted octanol–water partition coefficient (Wildman–Crippen LogP) is 4.41. The maximum atomic E-state index is 6.24. The van der Waals surface area contributed by atoms with E-state index >= 15 is 0 Å². The van der Waals surface area contributed by atoms with Crippen molar-refractivity contribution in [3.05, 3.63) is 57.0 Å². The van der Waals surface area contributed by atoms with Crippen molar-refractivity contribution in [2.24, 2.45) is 0 Å². The van der Waals surface area contributed by atoms with Crippen molar-refractivity contribution in [2.75, 3.05) is 31.1 Å². The highest BCUT2D eigenvalue weighted by molar-refractivity contribution is 7.09. The maximum absolute atomic E-state index is 6.24. The maximum Gasteiger partial charge on any atom is 0.168 e. The van der Waals surface area contributed by atoms with Gasteiger partial charge in [-0.2, -0.15) is 0 Å². The molecule has 0 bridgehead atoms. The van der Waals surface area contributed by atoms with Crippen LogP contribution in [0.2, 0.25) is 5.02 Å². The molecule has 1 atom stereocenters. The zero-order valence-corrected chi connectivity index (χ0v) is 18.5. The van der Waals surface area contributed by atoms with Gasteiger partial charge >= 0.3 is 0 Å². The predicted molar refractivity (Wildman–Crippen MR) is 119 cm³/mol. The lowest BCUT2D eigenvalue weighted by molar-refractivity contribution is 0.164. The smallest absolute Gasteiger partial charge is 0.168 e. The van der Waals surface area contributed by atoms with Gasteiger partial charge in [-0.3, -0.25) is 4.90 Å². The van der Waals surface area contributed by atoms with Crippen LogP contribution in [0, 0.1) is 6.92 Å². The number of tetrazole rings is 1. The number of aromatic nitrogens is 4. The SMILES string of the molecule is CCC[C@@H](c1nnnn1Cc1cccs1)N1CCN(c2cc(Cl)ccc2C)CC1. The molecule has 1 saturated heterocycles. The summed E-state index contributed by atoms with van der Waals surface area (Å²) in [6.07, 6.45) is 2.16. The van der Waals surface area contributed by atoms with Crippen molar-refractivity contribution in [3.8, 4) is 0 Å². The lowest BCUT2D eigenvalue weighted by atomic mass is 10.1. The molecule has 154 valence electrons. The molecular formula is C21H27ClN6S. The largest absolute Gasteiger partial charge is 0.369 e. The van der Waals surface area contributed by atoms with Crippen LogP contribution in [0.4, 0.5) is 5.69 Å². The van der Waals surface area contributed by atoms with Crippen molar-refractivity contribution in [3.63, 3.8) is 0 Å². The number of thiophene rings is 1. The molecule has 0 spiro atoms. The van der Waals surface area contributed by atoms with Gasteiger partial charge in [-0.1, -0.05) is 37.1 Å². The highest BCUT2D eigenvalue weighted by Gasteiger charge is 2.29. The number of halogens is 1. The van der Waals surface area contributed by atoms with E-state index < -0.39 is 0 Å². The van der Waals surface area contributed by atoms with E-state index in [0.29, 0.717) is 0 Å². The van der Waals surface area contributed by atoms with Gasteiger partial charge in [0.05, 0.1) is 12.6 Å². The molecule has 4 rings (SSSR count). The minimum Gasteiger partial charge on any atom is -0.369 e. The van der Waals surface area contributed by atoms with Gasteiger partial charge in [0.1, 0.15) is 0 Å². The molecule has 29 heavy (non-hydrogen) atoms. The Balaban J connectivity index is 1.48. The van der Waals surface area contributed by atoms with Gasteiger partial charge in [0.2, 0.25) is 0 Å². The van der Waals surface area contributed by atoms with E-state index in [1.807, 2.05) is 10.7 Å². The second-order valence-corrected chi connectivity index (χ2v) is 9.00. The van der Waals surface area contributed by atoms with Gasteiger partial charge in [0, 0.05) is 41.8 Å². The first-order valence-corrected chi connectivity index (χ1v) is 11.4. The summed E-state index contributed by atoms with van der Waals surface area (Å²) in [5, 5.41) is 15.6. The third kappa shape index (κ3) is 4.63. The summed E-state index contributed by atoms with van der Waals surface area (Å²) in [7, 11) is 0. The molecule has 0 radical (unpaired) electrons. The molecule has 0 N–H and O–H groups in total. The lowest BCUT2D eigenvalue weighted by Gasteiger charge is -2.40. The van der Waals surface area contributed by atoms with Crippen LogP contribution >= 0.6 is 22.9 Å². The van der Waals surface area contributed by atoms with Crippen LogP contribution in [-0.4, -0.2) is 51.3 Å². The number of piperazine rings is 1. The summed E-state index contributed by atoms with van der Waals surface area (Å²) in [6, 6.07) is 10.6. The number of aryl methyl sites for hydroxylation is 1. The third-order valence-electron chi connectivity index (χ3n) is 5.57. The minimum atomic E-state index is 0.248. The van der Waals surface area contributed by atoms with E-state index in [-0.39, 0.29) is 6.04 Å². The summed E-state index contributed by atoms with van der Waals surface area (Å²) in [5.41, 5.74) is 2.51.